The van der Waals surface area contributed by atoms with Gasteiger partial charge in [0.1, 0.15) is 0 Å². The molecule has 160 valence electrons. The Morgan fingerprint density at radius 1 is 1.10 bits per heavy atom. The van der Waals surface area contributed by atoms with Crippen molar-refractivity contribution in [3.05, 3.63) is 59.8 Å². The molecular formula is C21H26N4O3S2. The second kappa shape index (κ2) is 8.70. The molecule has 4 rings (SSSR count). The van der Waals surface area contributed by atoms with Crippen molar-refractivity contribution in [3.63, 3.8) is 0 Å². The SMILES string of the molecule is NCCC(N)(Cc1ccc(S(=O)(=O)N2CCOCC2)cc1)c1nsc2ccccc12. The maximum absolute atomic E-state index is 12.8. The maximum atomic E-state index is 12.8. The van der Waals surface area contributed by atoms with Crippen molar-refractivity contribution in [2.24, 2.45) is 11.5 Å². The van der Waals surface area contributed by atoms with Crippen LogP contribution in [0.15, 0.2) is 53.4 Å². The number of benzene rings is 2. The zero-order chi connectivity index (χ0) is 21.2. The highest BCUT2D eigenvalue weighted by Gasteiger charge is 2.32. The van der Waals surface area contributed by atoms with Gasteiger partial charge in [0.15, 0.2) is 0 Å². The molecule has 1 aliphatic rings. The molecule has 1 saturated heterocycles. The molecule has 1 fully saturated rings. The van der Waals surface area contributed by atoms with E-state index in [0.717, 1.165) is 21.3 Å². The summed E-state index contributed by atoms with van der Waals surface area (Å²) in [6.07, 6.45) is 1.10. The molecule has 2 heterocycles. The molecule has 0 amide bonds. The van der Waals surface area contributed by atoms with E-state index in [1.807, 2.05) is 36.4 Å². The number of aromatic nitrogens is 1. The highest BCUT2D eigenvalue weighted by Crippen LogP contribution is 2.34. The van der Waals surface area contributed by atoms with Crippen LogP contribution in [0.2, 0.25) is 0 Å². The lowest BCUT2D eigenvalue weighted by Crippen LogP contribution is -2.41. The van der Waals surface area contributed by atoms with E-state index in [2.05, 4.69) is 4.37 Å². The molecule has 0 spiro atoms. The lowest BCUT2D eigenvalue weighted by Gasteiger charge is -2.28. The highest BCUT2D eigenvalue weighted by molar-refractivity contribution is 7.89. The summed E-state index contributed by atoms with van der Waals surface area (Å²) in [4.78, 5) is 0.286. The van der Waals surface area contributed by atoms with Crippen molar-refractivity contribution in [1.29, 1.82) is 0 Å². The van der Waals surface area contributed by atoms with Gasteiger partial charge in [-0.05, 0) is 54.7 Å². The summed E-state index contributed by atoms with van der Waals surface area (Å²) >= 11 is 1.43. The van der Waals surface area contributed by atoms with Crippen molar-refractivity contribution in [2.45, 2.75) is 23.3 Å². The minimum atomic E-state index is -3.51. The lowest BCUT2D eigenvalue weighted by molar-refractivity contribution is 0.0730. The largest absolute Gasteiger partial charge is 0.379 e. The molecule has 9 heteroatoms. The van der Waals surface area contributed by atoms with E-state index in [4.69, 9.17) is 16.2 Å². The molecule has 3 aromatic rings. The second-order valence-electron chi connectivity index (χ2n) is 7.56. The molecule has 7 nitrogen and oxygen atoms in total. The fourth-order valence-electron chi connectivity index (χ4n) is 3.87. The van der Waals surface area contributed by atoms with Crippen LogP contribution in [0.5, 0.6) is 0 Å². The first-order chi connectivity index (χ1) is 14.4. The number of sulfonamides is 1. The summed E-state index contributed by atoms with van der Waals surface area (Å²) in [6, 6.07) is 15.0. The van der Waals surface area contributed by atoms with Gasteiger partial charge in [-0.2, -0.15) is 8.68 Å². The Morgan fingerprint density at radius 3 is 2.50 bits per heavy atom. The number of nitrogens with zero attached hydrogens (tertiary/aromatic N) is 2. The third-order valence-electron chi connectivity index (χ3n) is 5.49. The van der Waals surface area contributed by atoms with Crippen LogP contribution in [0.25, 0.3) is 10.1 Å². The van der Waals surface area contributed by atoms with E-state index in [1.54, 1.807) is 12.1 Å². The second-order valence-corrected chi connectivity index (χ2v) is 10.3. The average Bonchev–Trinajstić information content (AvgIpc) is 3.20. The third-order valence-corrected chi connectivity index (χ3v) is 8.23. The molecule has 1 aromatic heterocycles. The van der Waals surface area contributed by atoms with E-state index in [-0.39, 0.29) is 4.90 Å². The van der Waals surface area contributed by atoms with Gasteiger partial charge in [-0.1, -0.05) is 30.3 Å². The van der Waals surface area contributed by atoms with Gasteiger partial charge in [-0.3, -0.25) is 0 Å². The third kappa shape index (κ3) is 4.14. The number of fused-ring (bicyclic) bond motifs is 1. The van der Waals surface area contributed by atoms with Crippen molar-refractivity contribution < 1.29 is 13.2 Å². The fourth-order valence-corrected chi connectivity index (χ4v) is 6.15. The predicted octanol–water partition coefficient (Wildman–Crippen LogP) is 2.06. The van der Waals surface area contributed by atoms with Gasteiger partial charge in [0, 0.05) is 18.5 Å². The van der Waals surface area contributed by atoms with Gasteiger partial charge in [0.05, 0.1) is 34.0 Å². The average molecular weight is 447 g/mol. The van der Waals surface area contributed by atoms with Gasteiger partial charge in [-0.15, -0.1) is 0 Å². The van der Waals surface area contributed by atoms with Crippen LogP contribution < -0.4 is 11.5 Å². The topological polar surface area (TPSA) is 112 Å². The van der Waals surface area contributed by atoms with Crippen molar-refractivity contribution in [1.82, 2.24) is 8.68 Å². The van der Waals surface area contributed by atoms with Crippen LogP contribution >= 0.6 is 11.5 Å². The fraction of sp³-hybridized carbons (Fsp3) is 0.381. The van der Waals surface area contributed by atoms with Gasteiger partial charge in [0.2, 0.25) is 10.0 Å². The number of morpholine rings is 1. The van der Waals surface area contributed by atoms with E-state index in [0.29, 0.717) is 45.7 Å². The molecule has 30 heavy (non-hydrogen) atoms. The number of hydrogen-bond acceptors (Lipinski definition) is 7. The van der Waals surface area contributed by atoms with Gasteiger partial charge < -0.3 is 16.2 Å². The maximum Gasteiger partial charge on any atom is 0.243 e. The standard InChI is InChI=1S/C21H26N4O3S2/c22-10-9-21(23,20-18-3-1-2-4-19(18)29-24-20)15-16-5-7-17(8-6-16)30(26,27)25-11-13-28-14-12-25/h1-8H,9-15,22-23H2. The van der Waals surface area contributed by atoms with E-state index in [1.165, 1.54) is 15.8 Å². The highest BCUT2D eigenvalue weighted by atomic mass is 32.2. The van der Waals surface area contributed by atoms with E-state index >= 15 is 0 Å². The molecule has 0 bridgehead atoms. The smallest absolute Gasteiger partial charge is 0.243 e. The minimum Gasteiger partial charge on any atom is -0.379 e. The molecule has 4 N–H and O–H groups in total. The first-order valence-corrected chi connectivity index (χ1v) is 12.2. The van der Waals surface area contributed by atoms with Crippen molar-refractivity contribution in [3.8, 4) is 0 Å². The molecular weight excluding hydrogens is 420 g/mol. The van der Waals surface area contributed by atoms with E-state index in [9.17, 15) is 8.42 Å². The van der Waals surface area contributed by atoms with Crippen LogP contribution in [-0.2, 0) is 26.7 Å². The van der Waals surface area contributed by atoms with Crippen LogP contribution in [0.1, 0.15) is 17.7 Å². The summed E-state index contributed by atoms with van der Waals surface area (Å²) in [7, 11) is -3.51. The Balaban J connectivity index is 1.60. The van der Waals surface area contributed by atoms with Gasteiger partial charge >= 0.3 is 0 Å². The van der Waals surface area contributed by atoms with Gasteiger partial charge in [-0.25, -0.2) is 8.42 Å². The zero-order valence-corrected chi connectivity index (χ0v) is 18.3. The quantitative estimate of drug-likeness (QED) is 0.575. The molecule has 0 radical (unpaired) electrons. The zero-order valence-electron chi connectivity index (χ0n) is 16.7. The van der Waals surface area contributed by atoms with Crippen molar-refractivity contribution >= 4 is 31.6 Å². The summed E-state index contributed by atoms with van der Waals surface area (Å²) < 4.78 is 38.1. The Morgan fingerprint density at radius 2 is 1.80 bits per heavy atom. The normalized spacial score (nSPS) is 17.8. The van der Waals surface area contributed by atoms with E-state index < -0.39 is 15.6 Å². The summed E-state index contributed by atoms with van der Waals surface area (Å²) in [6.45, 7) is 2.04. The summed E-state index contributed by atoms with van der Waals surface area (Å²) in [5.74, 6) is 0. The number of nitrogens with two attached hydrogens (primary N) is 2. The van der Waals surface area contributed by atoms with Crippen LogP contribution in [0, 0.1) is 0 Å². The molecule has 1 unspecified atom stereocenters. The number of rotatable bonds is 7. The lowest BCUT2D eigenvalue weighted by atomic mass is 9.84. The summed E-state index contributed by atoms with van der Waals surface area (Å²) in [5, 5.41) is 1.05. The van der Waals surface area contributed by atoms with Crippen molar-refractivity contribution in [2.75, 3.05) is 32.8 Å². The first kappa shape index (κ1) is 21.4. The number of hydrogen-bond donors (Lipinski definition) is 2. The van der Waals surface area contributed by atoms with Crippen LogP contribution in [0.4, 0.5) is 0 Å². The predicted molar refractivity (Wildman–Crippen MR) is 119 cm³/mol. The molecule has 1 aliphatic heterocycles. The molecule has 2 aromatic carbocycles. The summed E-state index contributed by atoms with van der Waals surface area (Å²) in [5.41, 5.74) is 13.8. The minimum absolute atomic E-state index is 0.286. The van der Waals surface area contributed by atoms with Crippen LogP contribution in [0.3, 0.4) is 0 Å². The molecule has 0 saturated carbocycles. The Labute approximate surface area is 180 Å². The molecule has 0 aliphatic carbocycles. The van der Waals surface area contributed by atoms with Crippen LogP contribution in [-0.4, -0.2) is 49.9 Å². The monoisotopic (exact) mass is 446 g/mol. The Bertz CT molecular complexity index is 1110. The number of ether oxygens (including phenoxy) is 1. The Hall–Kier alpha value is -1.88. The first-order valence-electron chi connectivity index (χ1n) is 9.95. The van der Waals surface area contributed by atoms with Gasteiger partial charge in [0.25, 0.3) is 0 Å². The Kier molecular flexibility index (Phi) is 6.19. The molecule has 1 atom stereocenters.